The number of carbonyl (C=O) groups excluding carboxylic acids is 1. The Hall–Kier alpha value is -1.95. The van der Waals surface area contributed by atoms with Crippen LogP contribution >= 0.6 is 0 Å². The van der Waals surface area contributed by atoms with E-state index in [9.17, 15) is 14.0 Å². The Morgan fingerprint density at radius 2 is 1.95 bits per heavy atom. The van der Waals surface area contributed by atoms with Crippen molar-refractivity contribution in [3.05, 3.63) is 35.1 Å². The number of carboxylic acids is 1. The predicted octanol–water partition coefficient (Wildman–Crippen LogP) is 1.66. The first-order chi connectivity index (χ1) is 9.97. The lowest BCUT2D eigenvalue weighted by Crippen LogP contribution is -2.36. The second-order valence-electron chi connectivity index (χ2n) is 5.44. The Morgan fingerprint density at radius 1 is 1.29 bits per heavy atom. The number of hydrogen-bond donors (Lipinski definition) is 3. The normalized spacial score (nSPS) is 22.0. The fraction of sp³-hybridized carbons (Fsp3) is 0.467. The van der Waals surface area contributed by atoms with Crippen molar-refractivity contribution in [3.63, 3.8) is 0 Å². The molecule has 1 saturated carbocycles. The third-order valence-electron chi connectivity index (χ3n) is 4.00. The van der Waals surface area contributed by atoms with Gasteiger partial charge in [0.25, 0.3) is 0 Å². The molecule has 0 unspecified atom stereocenters. The quantitative estimate of drug-likeness (QED) is 0.770. The summed E-state index contributed by atoms with van der Waals surface area (Å²) in [5.41, 5.74) is 5.69. The number of rotatable bonds is 5. The van der Waals surface area contributed by atoms with Crippen molar-refractivity contribution in [3.8, 4) is 0 Å². The second kappa shape index (κ2) is 6.67. The molecule has 1 fully saturated rings. The topological polar surface area (TPSA) is 92.4 Å². The minimum Gasteiger partial charge on any atom is -0.478 e. The Bertz CT molecular complexity index is 540. The maximum Gasteiger partial charge on any atom is 0.335 e. The van der Waals surface area contributed by atoms with E-state index >= 15 is 0 Å². The standard InChI is InChI=1S/C15H19FN2O3/c16-13-6-3-10(15(20)21)7-11(13)8-18-12-4-1-9(2-5-12)14(17)19/h3,6-7,9,12,18H,1-2,4-5,8H2,(H2,17,19)(H,20,21). The number of aromatic carboxylic acids is 1. The van der Waals surface area contributed by atoms with Gasteiger partial charge >= 0.3 is 5.97 Å². The Morgan fingerprint density at radius 3 is 2.52 bits per heavy atom. The average molecular weight is 294 g/mol. The highest BCUT2D eigenvalue weighted by atomic mass is 19.1. The smallest absolute Gasteiger partial charge is 0.335 e. The number of nitrogens with two attached hydrogens (primary N) is 1. The minimum atomic E-state index is -1.07. The van der Waals surface area contributed by atoms with Gasteiger partial charge in [0.2, 0.25) is 5.91 Å². The zero-order chi connectivity index (χ0) is 15.4. The molecule has 0 bridgehead atoms. The van der Waals surface area contributed by atoms with Crippen molar-refractivity contribution in [2.75, 3.05) is 0 Å². The van der Waals surface area contributed by atoms with E-state index in [1.807, 2.05) is 0 Å². The molecule has 21 heavy (non-hydrogen) atoms. The van der Waals surface area contributed by atoms with Gasteiger partial charge in [0.15, 0.2) is 0 Å². The summed E-state index contributed by atoms with van der Waals surface area (Å²) in [6.07, 6.45) is 3.11. The molecule has 0 aliphatic heterocycles. The summed E-state index contributed by atoms with van der Waals surface area (Å²) < 4.78 is 13.7. The van der Waals surface area contributed by atoms with Gasteiger partial charge in [-0.25, -0.2) is 9.18 Å². The highest BCUT2D eigenvalue weighted by Gasteiger charge is 2.24. The van der Waals surface area contributed by atoms with Crippen LogP contribution in [0, 0.1) is 11.7 Å². The number of carbonyl (C=O) groups is 2. The van der Waals surface area contributed by atoms with Crippen molar-refractivity contribution < 1.29 is 19.1 Å². The van der Waals surface area contributed by atoms with Crippen molar-refractivity contribution in [2.24, 2.45) is 11.7 Å². The van der Waals surface area contributed by atoms with Gasteiger partial charge in [-0.2, -0.15) is 0 Å². The van der Waals surface area contributed by atoms with E-state index in [1.54, 1.807) is 0 Å². The van der Waals surface area contributed by atoms with Gasteiger partial charge < -0.3 is 16.2 Å². The molecule has 0 spiro atoms. The van der Waals surface area contributed by atoms with Crippen LogP contribution in [0.4, 0.5) is 4.39 Å². The van der Waals surface area contributed by atoms with Crippen molar-refractivity contribution in [2.45, 2.75) is 38.3 Å². The Labute approximate surface area is 122 Å². The van der Waals surface area contributed by atoms with E-state index in [0.717, 1.165) is 25.7 Å². The first-order valence-electron chi connectivity index (χ1n) is 7.01. The molecule has 0 radical (unpaired) electrons. The molecule has 6 heteroatoms. The molecular formula is C15H19FN2O3. The SMILES string of the molecule is NC(=O)C1CCC(NCc2cc(C(=O)O)ccc2F)CC1. The lowest BCUT2D eigenvalue weighted by molar-refractivity contribution is -0.122. The molecule has 0 aromatic heterocycles. The third kappa shape index (κ3) is 4.01. The van der Waals surface area contributed by atoms with Crippen LogP contribution in [0.25, 0.3) is 0 Å². The minimum absolute atomic E-state index is 0.0601. The van der Waals surface area contributed by atoms with Crippen molar-refractivity contribution in [1.29, 1.82) is 0 Å². The molecule has 0 heterocycles. The molecule has 1 aliphatic rings. The molecule has 0 atom stereocenters. The summed E-state index contributed by atoms with van der Waals surface area (Å²) in [4.78, 5) is 22.0. The van der Waals surface area contributed by atoms with E-state index in [0.29, 0.717) is 5.56 Å². The first kappa shape index (κ1) is 15.4. The average Bonchev–Trinajstić information content (AvgIpc) is 2.46. The van der Waals surface area contributed by atoms with Crippen LogP contribution in [0.5, 0.6) is 0 Å². The first-order valence-corrected chi connectivity index (χ1v) is 7.01. The molecule has 0 saturated heterocycles. The van der Waals surface area contributed by atoms with Crippen molar-refractivity contribution >= 4 is 11.9 Å². The molecule has 1 aliphatic carbocycles. The molecule has 5 nitrogen and oxygen atoms in total. The number of carboxylic acid groups (broad SMARTS) is 1. The van der Waals surface area contributed by atoms with Gasteiger partial charge in [-0.1, -0.05) is 0 Å². The lowest BCUT2D eigenvalue weighted by Gasteiger charge is -2.27. The lowest BCUT2D eigenvalue weighted by atomic mass is 9.85. The molecule has 114 valence electrons. The largest absolute Gasteiger partial charge is 0.478 e. The zero-order valence-electron chi connectivity index (χ0n) is 11.6. The molecular weight excluding hydrogens is 275 g/mol. The number of halogens is 1. The van der Waals surface area contributed by atoms with Gasteiger partial charge in [-0.3, -0.25) is 4.79 Å². The zero-order valence-corrected chi connectivity index (χ0v) is 11.6. The monoisotopic (exact) mass is 294 g/mol. The fourth-order valence-electron chi connectivity index (χ4n) is 2.68. The van der Waals surface area contributed by atoms with Gasteiger partial charge in [-0.15, -0.1) is 0 Å². The van der Waals surface area contributed by atoms with Gasteiger partial charge in [0.1, 0.15) is 5.82 Å². The molecule has 1 aromatic rings. The number of benzene rings is 1. The van der Waals surface area contributed by atoms with Crippen LogP contribution in [0.15, 0.2) is 18.2 Å². The van der Waals surface area contributed by atoms with Crippen LogP contribution in [-0.2, 0) is 11.3 Å². The molecule has 2 rings (SSSR count). The number of amides is 1. The second-order valence-corrected chi connectivity index (χ2v) is 5.44. The maximum atomic E-state index is 13.7. The van der Waals surface area contributed by atoms with E-state index in [4.69, 9.17) is 10.8 Å². The number of primary amides is 1. The highest BCUT2D eigenvalue weighted by Crippen LogP contribution is 2.24. The maximum absolute atomic E-state index is 13.7. The predicted molar refractivity (Wildman–Crippen MR) is 75.1 cm³/mol. The number of hydrogen-bond acceptors (Lipinski definition) is 3. The van der Waals surface area contributed by atoms with Gasteiger partial charge in [0, 0.05) is 24.1 Å². The van der Waals surface area contributed by atoms with E-state index < -0.39 is 11.8 Å². The Kier molecular flexibility index (Phi) is 4.90. The summed E-state index contributed by atoms with van der Waals surface area (Å²) in [5, 5.41) is 12.1. The summed E-state index contributed by atoms with van der Waals surface area (Å²) in [5.74, 6) is -1.81. The highest BCUT2D eigenvalue weighted by molar-refractivity contribution is 5.87. The summed E-state index contributed by atoms with van der Waals surface area (Å²) in [6.45, 7) is 0.277. The van der Waals surface area contributed by atoms with E-state index in [-0.39, 0.29) is 30.0 Å². The van der Waals surface area contributed by atoms with Crippen LogP contribution in [-0.4, -0.2) is 23.0 Å². The van der Waals surface area contributed by atoms with Gasteiger partial charge in [0.05, 0.1) is 5.56 Å². The summed E-state index contributed by atoms with van der Waals surface area (Å²) in [7, 11) is 0. The Balaban J connectivity index is 1.90. The van der Waals surface area contributed by atoms with Gasteiger partial charge in [-0.05, 0) is 43.9 Å². The molecule has 4 N–H and O–H groups in total. The fourth-order valence-corrected chi connectivity index (χ4v) is 2.68. The van der Waals surface area contributed by atoms with Crippen LogP contribution in [0.3, 0.4) is 0 Å². The van der Waals surface area contributed by atoms with E-state index in [1.165, 1.54) is 18.2 Å². The third-order valence-corrected chi connectivity index (χ3v) is 4.00. The van der Waals surface area contributed by atoms with Crippen LogP contribution < -0.4 is 11.1 Å². The summed E-state index contributed by atoms with van der Waals surface area (Å²) >= 11 is 0. The summed E-state index contributed by atoms with van der Waals surface area (Å²) in [6, 6.07) is 3.97. The molecule has 1 amide bonds. The van der Waals surface area contributed by atoms with E-state index in [2.05, 4.69) is 5.32 Å². The molecule has 1 aromatic carbocycles. The van der Waals surface area contributed by atoms with Crippen molar-refractivity contribution in [1.82, 2.24) is 5.32 Å². The van der Waals surface area contributed by atoms with Crippen LogP contribution in [0.2, 0.25) is 0 Å². The van der Waals surface area contributed by atoms with Crippen LogP contribution in [0.1, 0.15) is 41.6 Å². The number of nitrogens with one attached hydrogen (secondary N) is 1.